The first kappa shape index (κ1) is 14.3. The lowest BCUT2D eigenvalue weighted by Gasteiger charge is -2.10. The van der Waals surface area contributed by atoms with Crippen molar-refractivity contribution in [2.45, 2.75) is 13.5 Å². The van der Waals surface area contributed by atoms with Gasteiger partial charge in [0.05, 0.1) is 26.4 Å². The van der Waals surface area contributed by atoms with Crippen molar-refractivity contribution < 1.29 is 0 Å². The van der Waals surface area contributed by atoms with Gasteiger partial charge in [0.15, 0.2) is 0 Å². The largest absolute Gasteiger partial charge is 0.324 e. The molecule has 100 valence electrons. The third-order valence-corrected chi connectivity index (χ3v) is 3.51. The molecule has 0 atom stereocenters. The number of allylic oxidation sites excluding steroid dienone is 1. The normalized spacial score (nSPS) is 10.5. The van der Waals surface area contributed by atoms with E-state index < -0.39 is 0 Å². The molecule has 0 aliphatic heterocycles. The van der Waals surface area contributed by atoms with Crippen LogP contribution in [0.1, 0.15) is 5.69 Å². The molecular weight excluding hydrogens is 305 g/mol. The fourth-order valence-corrected chi connectivity index (χ4v) is 2.26. The highest BCUT2D eigenvalue weighted by molar-refractivity contribution is 6.44. The first-order valence-electron chi connectivity index (χ1n) is 5.57. The summed E-state index contributed by atoms with van der Waals surface area (Å²) in [7, 11) is 0. The summed E-state index contributed by atoms with van der Waals surface area (Å²) < 4.78 is 1.93. The first-order chi connectivity index (χ1) is 9.01. The summed E-state index contributed by atoms with van der Waals surface area (Å²) in [5, 5.41) is 4.49. The number of nitrogens with zero attached hydrogens (tertiary/aromatic N) is 2. The number of hydrogen-bond donors (Lipinski definition) is 1. The van der Waals surface area contributed by atoms with Crippen LogP contribution >= 0.6 is 34.8 Å². The van der Waals surface area contributed by atoms with Crippen LogP contribution < -0.4 is 5.32 Å². The average molecular weight is 317 g/mol. The molecule has 0 radical (unpaired) electrons. The first-order valence-corrected chi connectivity index (χ1v) is 6.71. The smallest absolute Gasteiger partial charge is 0.207 e. The van der Waals surface area contributed by atoms with Gasteiger partial charge >= 0.3 is 0 Å². The Morgan fingerprint density at radius 2 is 1.95 bits per heavy atom. The lowest BCUT2D eigenvalue weighted by atomic mass is 10.3. The van der Waals surface area contributed by atoms with Crippen molar-refractivity contribution in [3.63, 3.8) is 0 Å². The predicted molar refractivity (Wildman–Crippen MR) is 81.9 cm³/mol. The van der Waals surface area contributed by atoms with Crippen LogP contribution in [0, 0.1) is 6.92 Å². The van der Waals surface area contributed by atoms with E-state index in [1.165, 1.54) is 0 Å². The average Bonchev–Trinajstić information content (AvgIpc) is 2.67. The summed E-state index contributed by atoms with van der Waals surface area (Å²) in [5.74, 6) is 0.678. The minimum atomic E-state index is 0.419. The number of aryl methyl sites for hydroxylation is 1. The lowest BCUT2D eigenvalue weighted by molar-refractivity contribution is 0.832. The van der Waals surface area contributed by atoms with Crippen molar-refractivity contribution in [2.75, 3.05) is 5.32 Å². The highest BCUT2D eigenvalue weighted by Gasteiger charge is 2.10. The van der Waals surface area contributed by atoms with Crippen molar-refractivity contribution in [1.29, 1.82) is 0 Å². The van der Waals surface area contributed by atoms with Crippen LogP contribution in [0.4, 0.5) is 11.6 Å². The van der Waals surface area contributed by atoms with Crippen LogP contribution in [-0.4, -0.2) is 9.55 Å². The van der Waals surface area contributed by atoms with E-state index in [1.807, 2.05) is 17.7 Å². The number of aromatic nitrogens is 2. The van der Waals surface area contributed by atoms with Gasteiger partial charge in [0.1, 0.15) is 0 Å². The lowest BCUT2D eigenvalue weighted by Crippen LogP contribution is -2.02. The number of benzene rings is 1. The summed E-state index contributed by atoms with van der Waals surface area (Å²) in [6.45, 7) is 6.29. The molecule has 0 aliphatic rings. The number of rotatable bonds is 4. The summed E-state index contributed by atoms with van der Waals surface area (Å²) in [6.07, 6.45) is 3.72. The molecule has 0 fully saturated rings. The highest BCUT2D eigenvalue weighted by atomic mass is 35.5. The zero-order valence-corrected chi connectivity index (χ0v) is 12.5. The van der Waals surface area contributed by atoms with E-state index in [2.05, 4.69) is 16.9 Å². The fraction of sp³-hybridized carbons (Fsp3) is 0.154. The third kappa shape index (κ3) is 3.24. The van der Waals surface area contributed by atoms with Gasteiger partial charge in [-0.25, -0.2) is 4.98 Å². The molecule has 0 unspecified atom stereocenters. The molecule has 1 heterocycles. The van der Waals surface area contributed by atoms with Crippen LogP contribution in [0.5, 0.6) is 0 Å². The van der Waals surface area contributed by atoms with E-state index in [4.69, 9.17) is 34.8 Å². The molecule has 19 heavy (non-hydrogen) atoms. The van der Waals surface area contributed by atoms with Gasteiger partial charge in [-0.05, 0) is 19.1 Å². The van der Waals surface area contributed by atoms with Crippen LogP contribution in [0.25, 0.3) is 0 Å². The monoisotopic (exact) mass is 315 g/mol. The summed E-state index contributed by atoms with van der Waals surface area (Å²) in [6, 6.07) is 3.27. The van der Waals surface area contributed by atoms with Gasteiger partial charge in [-0.15, -0.1) is 6.58 Å². The topological polar surface area (TPSA) is 29.9 Å². The molecule has 0 saturated heterocycles. The van der Waals surface area contributed by atoms with Gasteiger partial charge < -0.3 is 9.88 Å². The molecule has 3 nitrogen and oxygen atoms in total. The number of anilines is 2. The molecule has 1 aromatic carbocycles. The maximum atomic E-state index is 6.12. The minimum absolute atomic E-state index is 0.419. The molecule has 2 rings (SSSR count). The van der Waals surface area contributed by atoms with E-state index >= 15 is 0 Å². The summed E-state index contributed by atoms with van der Waals surface area (Å²) in [4.78, 5) is 4.39. The van der Waals surface area contributed by atoms with Gasteiger partial charge in [0.2, 0.25) is 5.95 Å². The molecule has 1 N–H and O–H groups in total. The van der Waals surface area contributed by atoms with Crippen molar-refractivity contribution in [3.05, 3.63) is 51.7 Å². The van der Waals surface area contributed by atoms with Gasteiger partial charge in [0, 0.05) is 12.7 Å². The van der Waals surface area contributed by atoms with Gasteiger partial charge in [-0.2, -0.15) is 0 Å². The Morgan fingerprint density at radius 1 is 1.26 bits per heavy atom. The van der Waals surface area contributed by atoms with Crippen LogP contribution in [0.15, 0.2) is 31.0 Å². The van der Waals surface area contributed by atoms with E-state index in [0.29, 0.717) is 33.2 Å². The molecule has 2 aromatic rings. The third-order valence-electron chi connectivity index (χ3n) is 2.48. The maximum absolute atomic E-state index is 6.12. The molecule has 0 spiro atoms. The number of nitrogens with one attached hydrogen (secondary N) is 1. The van der Waals surface area contributed by atoms with Crippen LogP contribution in [0.2, 0.25) is 15.1 Å². The van der Waals surface area contributed by atoms with Crippen molar-refractivity contribution >= 4 is 46.4 Å². The Bertz CT molecular complexity index is 620. The van der Waals surface area contributed by atoms with Crippen molar-refractivity contribution in [1.82, 2.24) is 9.55 Å². The molecule has 6 heteroatoms. The Kier molecular flexibility index (Phi) is 4.40. The zero-order valence-electron chi connectivity index (χ0n) is 10.3. The van der Waals surface area contributed by atoms with Crippen LogP contribution in [-0.2, 0) is 6.54 Å². The van der Waals surface area contributed by atoms with Crippen LogP contribution in [0.3, 0.4) is 0 Å². The number of hydrogen-bond acceptors (Lipinski definition) is 2. The van der Waals surface area contributed by atoms with E-state index in [9.17, 15) is 0 Å². The molecule has 1 aromatic heterocycles. The summed E-state index contributed by atoms with van der Waals surface area (Å²) in [5.41, 5.74) is 1.56. The SMILES string of the molecule is C=CCn1cc(C)nc1Nc1cc(Cl)c(Cl)cc1Cl. The Hall–Kier alpha value is -1.16. The summed E-state index contributed by atoms with van der Waals surface area (Å²) >= 11 is 18.0. The van der Waals surface area contributed by atoms with Gasteiger partial charge in [-0.1, -0.05) is 40.9 Å². The minimum Gasteiger partial charge on any atom is -0.324 e. The second-order valence-corrected chi connectivity index (χ2v) is 5.24. The molecule has 0 saturated carbocycles. The molecule has 0 amide bonds. The second-order valence-electron chi connectivity index (χ2n) is 4.02. The standard InChI is InChI=1S/C13H12Cl3N3/c1-3-4-19-7-8(2)17-13(19)18-12-6-10(15)9(14)5-11(12)16/h3,5-7H,1,4H2,2H3,(H,17,18). The predicted octanol–water partition coefficient (Wildman–Crippen LogP) is 5.08. The van der Waals surface area contributed by atoms with Gasteiger partial charge in [-0.3, -0.25) is 0 Å². The van der Waals surface area contributed by atoms with Crippen molar-refractivity contribution in [3.8, 4) is 0 Å². The Balaban J connectivity index is 2.35. The fourth-order valence-electron chi connectivity index (χ4n) is 1.66. The number of imidazole rings is 1. The number of halogens is 3. The molecular formula is C13H12Cl3N3. The molecule has 0 aliphatic carbocycles. The Labute approximate surface area is 126 Å². The quantitative estimate of drug-likeness (QED) is 0.629. The van der Waals surface area contributed by atoms with Gasteiger partial charge in [0.25, 0.3) is 0 Å². The second kappa shape index (κ2) is 5.87. The molecule has 0 bridgehead atoms. The van der Waals surface area contributed by atoms with E-state index in [-0.39, 0.29) is 0 Å². The maximum Gasteiger partial charge on any atom is 0.207 e. The zero-order chi connectivity index (χ0) is 14.0. The van der Waals surface area contributed by atoms with E-state index in [1.54, 1.807) is 18.2 Å². The Morgan fingerprint density at radius 3 is 2.63 bits per heavy atom. The van der Waals surface area contributed by atoms with Crippen molar-refractivity contribution in [2.24, 2.45) is 0 Å². The highest BCUT2D eigenvalue weighted by Crippen LogP contribution is 2.33. The van der Waals surface area contributed by atoms with E-state index in [0.717, 1.165) is 5.69 Å².